The fraction of sp³-hybridized carbons (Fsp3) is 0.444. The molecule has 1 aromatic carbocycles. The fourth-order valence-electron chi connectivity index (χ4n) is 2.99. The molecule has 6 heteroatoms. The second-order valence-corrected chi connectivity index (χ2v) is 6.37. The van der Waals surface area contributed by atoms with Gasteiger partial charge in [-0.1, -0.05) is 19.1 Å². The van der Waals surface area contributed by atoms with Crippen LogP contribution in [0, 0.1) is 5.82 Å². The average Bonchev–Trinajstić information content (AvgIpc) is 3.32. The number of aromatic nitrogens is 2. The summed E-state index contributed by atoms with van der Waals surface area (Å²) in [6, 6.07) is 5.34. The summed E-state index contributed by atoms with van der Waals surface area (Å²) < 4.78 is 22.1. The van der Waals surface area contributed by atoms with E-state index in [-0.39, 0.29) is 23.5 Å². The Bertz CT molecular complexity index is 796. The van der Waals surface area contributed by atoms with Gasteiger partial charge in [0.15, 0.2) is 5.69 Å². The van der Waals surface area contributed by atoms with Crippen LogP contribution in [0.25, 0.3) is 11.1 Å². The number of hydrogen-bond acceptors (Lipinski definition) is 3. The van der Waals surface area contributed by atoms with Gasteiger partial charge >= 0.3 is 0 Å². The van der Waals surface area contributed by atoms with Crippen LogP contribution >= 0.6 is 0 Å². The summed E-state index contributed by atoms with van der Waals surface area (Å²) in [4.78, 5) is 12.6. The van der Waals surface area contributed by atoms with E-state index in [0.29, 0.717) is 30.2 Å². The molecule has 1 fully saturated rings. The molecule has 0 bridgehead atoms. The van der Waals surface area contributed by atoms with Crippen molar-refractivity contribution < 1.29 is 13.9 Å². The number of fused-ring (bicyclic) bond motifs is 1. The zero-order chi connectivity index (χ0) is 16.7. The van der Waals surface area contributed by atoms with Crippen molar-refractivity contribution in [2.24, 2.45) is 0 Å². The first-order valence-electron chi connectivity index (χ1n) is 8.50. The summed E-state index contributed by atoms with van der Waals surface area (Å²) >= 11 is 0. The van der Waals surface area contributed by atoms with Crippen LogP contribution in [-0.2, 0) is 13.0 Å². The largest absolute Gasteiger partial charge is 0.477 e. The number of benzene rings is 1. The van der Waals surface area contributed by atoms with Crippen LogP contribution in [0.2, 0.25) is 0 Å². The predicted octanol–water partition coefficient (Wildman–Crippen LogP) is 2.93. The van der Waals surface area contributed by atoms with E-state index < -0.39 is 0 Å². The highest BCUT2D eigenvalue weighted by molar-refractivity contribution is 6.00. The minimum atomic E-state index is -0.347. The molecule has 1 aliphatic carbocycles. The van der Waals surface area contributed by atoms with Crippen LogP contribution in [0.3, 0.4) is 0 Å². The maximum absolute atomic E-state index is 14.7. The first kappa shape index (κ1) is 15.2. The number of ether oxygens (including phenoxy) is 1. The number of halogens is 1. The lowest BCUT2D eigenvalue weighted by Crippen LogP contribution is -2.26. The minimum absolute atomic E-state index is 0.220. The number of hydrogen-bond donors (Lipinski definition) is 1. The number of carbonyl (C=O) groups is 1. The molecule has 1 N–H and O–H groups in total. The average molecular weight is 329 g/mol. The lowest BCUT2D eigenvalue weighted by molar-refractivity contribution is 0.0945. The van der Waals surface area contributed by atoms with E-state index in [1.807, 2.05) is 13.0 Å². The van der Waals surface area contributed by atoms with E-state index in [1.54, 1.807) is 10.7 Å². The molecular formula is C18H20FN3O2. The first-order valence-corrected chi connectivity index (χ1v) is 8.50. The highest BCUT2D eigenvalue weighted by Crippen LogP contribution is 2.37. The lowest BCUT2D eigenvalue weighted by Gasteiger charge is -2.16. The van der Waals surface area contributed by atoms with E-state index in [1.165, 1.54) is 6.07 Å². The number of nitrogens with zero attached hydrogens (tertiary/aromatic N) is 2. The molecule has 4 rings (SSSR count). The Morgan fingerprint density at radius 1 is 1.46 bits per heavy atom. The lowest BCUT2D eigenvalue weighted by atomic mass is 10.0. The summed E-state index contributed by atoms with van der Waals surface area (Å²) in [5, 5.41) is 7.34. The van der Waals surface area contributed by atoms with E-state index in [4.69, 9.17) is 4.74 Å². The van der Waals surface area contributed by atoms with Crippen molar-refractivity contribution in [2.45, 2.75) is 45.2 Å². The quantitative estimate of drug-likeness (QED) is 0.938. The molecule has 0 spiro atoms. The maximum atomic E-state index is 14.7. The van der Waals surface area contributed by atoms with Crippen molar-refractivity contribution >= 4 is 5.91 Å². The minimum Gasteiger partial charge on any atom is -0.477 e. The van der Waals surface area contributed by atoms with Crippen LogP contribution in [0.4, 0.5) is 4.39 Å². The Morgan fingerprint density at radius 2 is 2.29 bits per heavy atom. The maximum Gasteiger partial charge on any atom is 0.272 e. The molecule has 1 aliphatic heterocycles. The molecule has 2 aromatic rings. The molecule has 2 heterocycles. The van der Waals surface area contributed by atoms with Gasteiger partial charge in [-0.25, -0.2) is 9.07 Å². The number of rotatable bonds is 4. The Balaban J connectivity index is 1.82. The fourth-order valence-corrected chi connectivity index (χ4v) is 2.99. The van der Waals surface area contributed by atoms with Crippen molar-refractivity contribution in [1.82, 2.24) is 15.1 Å². The zero-order valence-corrected chi connectivity index (χ0v) is 13.6. The summed E-state index contributed by atoms with van der Waals surface area (Å²) in [6.45, 7) is 3.21. The summed E-state index contributed by atoms with van der Waals surface area (Å²) in [6.07, 6.45) is 3.57. The molecule has 2 aliphatic rings. The zero-order valence-electron chi connectivity index (χ0n) is 13.6. The summed E-state index contributed by atoms with van der Waals surface area (Å²) in [5.41, 5.74) is 2.01. The second kappa shape index (κ2) is 5.92. The highest BCUT2D eigenvalue weighted by atomic mass is 19.1. The van der Waals surface area contributed by atoms with Gasteiger partial charge in [0, 0.05) is 24.6 Å². The molecule has 1 amide bonds. The third-order valence-corrected chi connectivity index (χ3v) is 4.50. The van der Waals surface area contributed by atoms with Gasteiger partial charge in [-0.2, -0.15) is 5.10 Å². The van der Waals surface area contributed by atoms with Gasteiger partial charge < -0.3 is 10.1 Å². The summed E-state index contributed by atoms with van der Waals surface area (Å²) in [7, 11) is 0. The van der Waals surface area contributed by atoms with Crippen molar-refractivity contribution in [3.63, 3.8) is 0 Å². The van der Waals surface area contributed by atoms with E-state index in [9.17, 15) is 9.18 Å². The van der Waals surface area contributed by atoms with Gasteiger partial charge in [0.2, 0.25) is 5.88 Å². The number of amides is 1. The topological polar surface area (TPSA) is 56.2 Å². The first-order chi connectivity index (χ1) is 11.7. The van der Waals surface area contributed by atoms with Crippen LogP contribution in [0.5, 0.6) is 5.88 Å². The molecule has 1 saturated carbocycles. The van der Waals surface area contributed by atoms with Gasteiger partial charge in [0.05, 0.1) is 12.2 Å². The van der Waals surface area contributed by atoms with Crippen LogP contribution < -0.4 is 10.1 Å². The third kappa shape index (κ3) is 2.66. The second-order valence-electron chi connectivity index (χ2n) is 6.37. The van der Waals surface area contributed by atoms with Crippen molar-refractivity contribution in [3.8, 4) is 17.0 Å². The van der Waals surface area contributed by atoms with Crippen LogP contribution in [-0.4, -0.2) is 28.3 Å². The van der Waals surface area contributed by atoms with Crippen molar-refractivity contribution in [3.05, 3.63) is 35.3 Å². The predicted molar refractivity (Wildman–Crippen MR) is 87.6 cm³/mol. The normalized spacial score (nSPS) is 16.4. The van der Waals surface area contributed by atoms with Gasteiger partial charge in [0.1, 0.15) is 5.82 Å². The smallest absolute Gasteiger partial charge is 0.272 e. The number of nitrogens with one attached hydrogen (secondary N) is 1. The van der Waals surface area contributed by atoms with Crippen molar-refractivity contribution in [1.29, 1.82) is 0 Å². The standard InChI is InChI=1S/C18H20FN3O2/c1-2-11-4-7-13(14(19)10-11)15-16(17(23)20-12-5-6-12)21-22-8-3-9-24-18(15)22/h4,7,10,12H,2-3,5-6,8-9H2,1H3,(H,20,23). The molecule has 0 saturated heterocycles. The van der Waals surface area contributed by atoms with E-state index >= 15 is 0 Å². The van der Waals surface area contributed by atoms with Gasteiger partial charge in [-0.15, -0.1) is 0 Å². The Kier molecular flexibility index (Phi) is 3.75. The van der Waals surface area contributed by atoms with Gasteiger partial charge in [-0.3, -0.25) is 4.79 Å². The monoisotopic (exact) mass is 329 g/mol. The molecule has 5 nitrogen and oxygen atoms in total. The van der Waals surface area contributed by atoms with Crippen molar-refractivity contribution in [2.75, 3.05) is 6.61 Å². The Labute approximate surface area is 139 Å². The third-order valence-electron chi connectivity index (χ3n) is 4.50. The van der Waals surface area contributed by atoms with Gasteiger partial charge in [-0.05, 0) is 30.9 Å². The molecule has 0 atom stereocenters. The Hall–Kier alpha value is -2.37. The van der Waals surface area contributed by atoms with Crippen LogP contribution in [0.15, 0.2) is 18.2 Å². The van der Waals surface area contributed by atoms with Gasteiger partial charge in [0.25, 0.3) is 5.91 Å². The summed E-state index contributed by atoms with van der Waals surface area (Å²) in [5.74, 6) is -0.109. The highest BCUT2D eigenvalue weighted by Gasteiger charge is 2.31. The molecule has 126 valence electrons. The molecular weight excluding hydrogens is 309 g/mol. The molecule has 1 aromatic heterocycles. The Morgan fingerprint density at radius 3 is 3.00 bits per heavy atom. The van der Waals surface area contributed by atoms with E-state index in [0.717, 1.165) is 31.2 Å². The number of carbonyl (C=O) groups excluding carboxylic acids is 1. The van der Waals surface area contributed by atoms with Crippen LogP contribution in [0.1, 0.15) is 42.2 Å². The SMILES string of the molecule is CCc1ccc(-c2c(C(=O)NC3CC3)nn3c2OCCC3)c(F)c1. The molecule has 0 unspecified atom stereocenters. The molecule has 0 radical (unpaired) electrons. The number of aryl methyl sites for hydroxylation is 2. The molecule has 24 heavy (non-hydrogen) atoms. The van der Waals surface area contributed by atoms with E-state index in [2.05, 4.69) is 10.4 Å².